The van der Waals surface area contributed by atoms with Crippen LogP contribution in [0, 0.1) is 11.8 Å². The first kappa shape index (κ1) is 21.6. The van der Waals surface area contributed by atoms with Gasteiger partial charge in [0, 0.05) is 24.9 Å². The SMILES string of the molecule is CC(C)(C)OC(=O)N[C@@H](CC1CCCCC1)[C@@H]1C[C@@H](Cc2cccnc2)OC1=O. The molecular weight excluding hydrogens is 368 g/mol. The molecule has 0 radical (unpaired) electrons. The molecule has 3 atom stereocenters. The molecule has 1 amide bonds. The number of nitrogens with zero attached hydrogens (tertiary/aromatic N) is 1. The second-order valence-electron chi connectivity index (χ2n) is 9.46. The Kier molecular flexibility index (Phi) is 7.14. The van der Waals surface area contributed by atoms with Gasteiger partial charge in [0.05, 0.1) is 5.92 Å². The van der Waals surface area contributed by atoms with Gasteiger partial charge in [0.15, 0.2) is 0 Å². The molecule has 0 aromatic carbocycles. The van der Waals surface area contributed by atoms with Crippen molar-refractivity contribution in [3.8, 4) is 0 Å². The summed E-state index contributed by atoms with van der Waals surface area (Å²) >= 11 is 0. The second-order valence-corrected chi connectivity index (χ2v) is 9.46. The second kappa shape index (κ2) is 9.59. The lowest BCUT2D eigenvalue weighted by atomic mass is 9.81. The summed E-state index contributed by atoms with van der Waals surface area (Å²) in [5, 5.41) is 3.00. The molecule has 0 bridgehead atoms. The average Bonchev–Trinajstić information content (AvgIpc) is 3.01. The summed E-state index contributed by atoms with van der Waals surface area (Å²) < 4.78 is 11.1. The molecule has 1 N–H and O–H groups in total. The summed E-state index contributed by atoms with van der Waals surface area (Å²) in [7, 11) is 0. The third-order valence-electron chi connectivity index (χ3n) is 5.79. The van der Waals surface area contributed by atoms with Gasteiger partial charge in [-0.1, -0.05) is 38.2 Å². The van der Waals surface area contributed by atoms with Crippen molar-refractivity contribution in [2.45, 2.75) is 89.9 Å². The van der Waals surface area contributed by atoms with E-state index in [-0.39, 0.29) is 24.0 Å². The number of amides is 1. The van der Waals surface area contributed by atoms with E-state index in [1.165, 1.54) is 19.3 Å². The van der Waals surface area contributed by atoms with Crippen LogP contribution in [0.3, 0.4) is 0 Å². The molecule has 1 aromatic heterocycles. The molecule has 2 aliphatic rings. The number of carbonyl (C=O) groups excluding carboxylic acids is 2. The van der Waals surface area contributed by atoms with E-state index in [9.17, 15) is 9.59 Å². The smallest absolute Gasteiger partial charge is 0.407 e. The van der Waals surface area contributed by atoms with Crippen LogP contribution in [0.2, 0.25) is 0 Å². The minimum Gasteiger partial charge on any atom is -0.462 e. The van der Waals surface area contributed by atoms with Crippen LogP contribution in [-0.4, -0.2) is 34.8 Å². The lowest BCUT2D eigenvalue weighted by molar-refractivity contribution is -0.145. The van der Waals surface area contributed by atoms with Gasteiger partial charge in [-0.25, -0.2) is 4.79 Å². The van der Waals surface area contributed by atoms with Gasteiger partial charge in [0.2, 0.25) is 0 Å². The lowest BCUT2D eigenvalue weighted by Gasteiger charge is -2.30. The number of carbonyl (C=O) groups is 2. The fourth-order valence-corrected chi connectivity index (χ4v) is 4.48. The first-order chi connectivity index (χ1) is 13.8. The molecular formula is C23H34N2O4. The molecule has 0 unspecified atom stereocenters. The Hall–Kier alpha value is -2.11. The molecule has 3 rings (SSSR count). The normalized spacial score (nSPS) is 24.0. The van der Waals surface area contributed by atoms with Crippen LogP contribution < -0.4 is 5.32 Å². The molecule has 1 saturated carbocycles. The van der Waals surface area contributed by atoms with E-state index in [0.717, 1.165) is 24.8 Å². The highest BCUT2D eigenvalue weighted by Gasteiger charge is 2.41. The Balaban J connectivity index is 1.66. The Morgan fingerprint density at radius 2 is 2.07 bits per heavy atom. The van der Waals surface area contributed by atoms with Gasteiger partial charge < -0.3 is 14.8 Å². The monoisotopic (exact) mass is 402 g/mol. The van der Waals surface area contributed by atoms with E-state index in [1.807, 2.05) is 32.9 Å². The van der Waals surface area contributed by atoms with Crippen molar-refractivity contribution in [1.82, 2.24) is 10.3 Å². The summed E-state index contributed by atoms with van der Waals surface area (Å²) in [6.45, 7) is 5.53. The number of aromatic nitrogens is 1. The van der Waals surface area contributed by atoms with Crippen LogP contribution in [0.4, 0.5) is 4.79 Å². The zero-order valence-electron chi connectivity index (χ0n) is 17.9. The Morgan fingerprint density at radius 3 is 2.72 bits per heavy atom. The van der Waals surface area contributed by atoms with Crippen molar-refractivity contribution in [3.05, 3.63) is 30.1 Å². The fraction of sp³-hybridized carbons (Fsp3) is 0.696. The highest BCUT2D eigenvalue weighted by Crippen LogP contribution is 2.33. The van der Waals surface area contributed by atoms with Crippen LogP contribution in [0.5, 0.6) is 0 Å². The maximum Gasteiger partial charge on any atom is 0.407 e. The number of pyridine rings is 1. The highest BCUT2D eigenvalue weighted by molar-refractivity contribution is 5.77. The first-order valence-corrected chi connectivity index (χ1v) is 10.9. The number of rotatable bonds is 6. The lowest BCUT2D eigenvalue weighted by Crippen LogP contribution is -2.45. The Labute approximate surface area is 173 Å². The van der Waals surface area contributed by atoms with E-state index >= 15 is 0 Å². The minimum atomic E-state index is -0.571. The van der Waals surface area contributed by atoms with E-state index in [2.05, 4.69) is 10.3 Å². The summed E-state index contributed by atoms with van der Waals surface area (Å²) in [5.41, 5.74) is 0.480. The molecule has 6 nitrogen and oxygen atoms in total. The van der Waals surface area contributed by atoms with Gasteiger partial charge in [-0.15, -0.1) is 0 Å². The average molecular weight is 403 g/mol. The predicted molar refractivity (Wildman–Crippen MR) is 110 cm³/mol. The molecule has 1 aliphatic carbocycles. The summed E-state index contributed by atoms with van der Waals surface area (Å²) in [5.74, 6) is -0.00395. The van der Waals surface area contributed by atoms with E-state index in [0.29, 0.717) is 18.8 Å². The number of nitrogens with one attached hydrogen (secondary N) is 1. The standard InChI is InChI=1S/C23H34N2O4/c1-23(2,3)29-22(27)25-20(13-16-8-5-4-6-9-16)19-14-18(28-21(19)26)12-17-10-7-11-24-15-17/h7,10-11,15-16,18-20H,4-6,8-9,12-14H2,1-3H3,(H,25,27)/t18-,19+,20+/m1/s1. The van der Waals surface area contributed by atoms with Crippen LogP contribution >= 0.6 is 0 Å². The predicted octanol–water partition coefficient (Wildman–Crippen LogP) is 4.42. The zero-order chi connectivity index (χ0) is 20.9. The molecule has 0 spiro atoms. The molecule has 29 heavy (non-hydrogen) atoms. The van der Waals surface area contributed by atoms with Gasteiger partial charge in [0.25, 0.3) is 0 Å². The molecule has 160 valence electrons. The summed E-state index contributed by atoms with van der Waals surface area (Å²) in [4.78, 5) is 29.3. The largest absolute Gasteiger partial charge is 0.462 e. The maximum absolute atomic E-state index is 12.7. The third kappa shape index (κ3) is 6.72. The van der Waals surface area contributed by atoms with Crippen LogP contribution in [0.25, 0.3) is 0 Å². The number of cyclic esters (lactones) is 1. The van der Waals surface area contributed by atoms with Gasteiger partial charge in [-0.3, -0.25) is 9.78 Å². The quantitative estimate of drug-likeness (QED) is 0.713. The maximum atomic E-state index is 12.7. The van der Waals surface area contributed by atoms with E-state index in [4.69, 9.17) is 9.47 Å². The van der Waals surface area contributed by atoms with Gasteiger partial charge in [-0.2, -0.15) is 0 Å². The van der Waals surface area contributed by atoms with Crippen molar-refractivity contribution >= 4 is 12.1 Å². The number of ether oxygens (including phenoxy) is 2. The zero-order valence-corrected chi connectivity index (χ0v) is 17.9. The number of esters is 1. The van der Waals surface area contributed by atoms with Crippen molar-refractivity contribution in [2.24, 2.45) is 11.8 Å². The molecule has 1 aromatic rings. The molecule has 1 saturated heterocycles. The van der Waals surface area contributed by atoms with Crippen molar-refractivity contribution < 1.29 is 19.1 Å². The van der Waals surface area contributed by atoms with Crippen molar-refractivity contribution in [3.63, 3.8) is 0 Å². The Bertz CT molecular complexity index is 680. The minimum absolute atomic E-state index is 0.175. The van der Waals surface area contributed by atoms with Crippen molar-refractivity contribution in [1.29, 1.82) is 0 Å². The fourth-order valence-electron chi connectivity index (χ4n) is 4.48. The summed E-state index contributed by atoms with van der Waals surface area (Å²) in [6, 6.07) is 3.63. The van der Waals surface area contributed by atoms with Crippen LogP contribution in [0.15, 0.2) is 24.5 Å². The van der Waals surface area contributed by atoms with Crippen LogP contribution in [-0.2, 0) is 20.7 Å². The molecule has 2 heterocycles. The van der Waals surface area contributed by atoms with Crippen LogP contribution in [0.1, 0.15) is 71.3 Å². The third-order valence-corrected chi connectivity index (χ3v) is 5.79. The topological polar surface area (TPSA) is 77.5 Å². The van der Waals surface area contributed by atoms with Crippen molar-refractivity contribution in [2.75, 3.05) is 0 Å². The number of alkyl carbamates (subject to hydrolysis) is 1. The van der Waals surface area contributed by atoms with Gasteiger partial charge in [-0.05, 0) is 51.2 Å². The summed E-state index contributed by atoms with van der Waals surface area (Å²) in [6.07, 6.45) is 11.0. The number of hydrogen-bond donors (Lipinski definition) is 1. The van der Waals surface area contributed by atoms with E-state index in [1.54, 1.807) is 12.4 Å². The van der Waals surface area contributed by atoms with Gasteiger partial charge in [0.1, 0.15) is 11.7 Å². The molecule has 6 heteroatoms. The first-order valence-electron chi connectivity index (χ1n) is 10.9. The highest BCUT2D eigenvalue weighted by atomic mass is 16.6. The molecule has 2 fully saturated rings. The van der Waals surface area contributed by atoms with E-state index < -0.39 is 11.7 Å². The van der Waals surface area contributed by atoms with Gasteiger partial charge >= 0.3 is 12.1 Å². The molecule has 1 aliphatic heterocycles. The number of hydrogen-bond acceptors (Lipinski definition) is 5. The Morgan fingerprint density at radius 1 is 1.31 bits per heavy atom.